The van der Waals surface area contributed by atoms with Crippen LogP contribution in [0.3, 0.4) is 0 Å². The number of hydrogen-bond donors (Lipinski definition) is 1. The van der Waals surface area contributed by atoms with Crippen molar-refractivity contribution in [3.8, 4) is 0 Å². The number of rotatable bonds is 7. The monoisotopic (exact) mass is 264 g/mol. The second kappa shape index (κ2) is 7.60. The third-order valence-corrected chi connectivity index (χ3v) is 3.70. The van der Waals surface area contributed by atoms with Gasteiger partial charge in [-0.05, 0) is 17.5 Å². The molecule has 0 aromatic heterocycles. The maximum atomic E-state index is 5.96. The lowest BCUT2D eigenvalue weighted by Gasteiger charge is -2.36. The number of benzene rings is 1. The van der Waals surface area contributed by atoms with Crippen molar-refractivity contribution in [3.63, 3.8) is 0 Å². The molecule has 106 valence electrons. The van der Waals surface area contributed by atoms with Crippen LogP contribution in [-0.4, -0.2) is 51.5 Å². The molecule has 4 heteroatoms. The van der Waals surface area contributed by atoms with Gasteiger partial charge in [0.05, 0.1) is 19.8 Å². The summed E-state index contributed by atoms with van der Waals surface area (Å²) >= 11 is 0. The van der Waals surface area contributed by atoms with Gasteiger partial charge in [0, 0.05) is 32.8 Å². The average molecular weight is 264 g/mol. The first-order chi connectivity index (χ1) is 9.36. The topological polar surface area (TPSA) is 47.7 Å². The highest BCUT2D eigenvalue weighted by atomic mass is 16.5. The summed E-state index contributed by atoms with van der Waals surface area (Å²) in [7, 11) is 1.69. The van der Waals surface area contributed by atoms with Crippen molar-refractivity contribution in [2.45, 2.75) is 12.5 Å². The maximum absolute atomic E-state index is 5.96. The number of methoxy groups -OCH3 is 1. The van der Waals surface area contributed by atoms with Gasteiger partial charge in [-0.1, -0.05) is 24.3 Å². The van der Waals surface area contributed by atoms with E-state index in [-0.39, 0.29) is 0 Å². The van der Waals surface area contributed by atoms with Gasteiger partial charge in [0.1, 0.15) is 0 Å². The zero-order valence-corrected chi connectivity index (χ0v) is 11.7. The fourth-order valence-electron chi connectivity index (χ4n) is 2.67. The van der Waals surface area contributed by atoms with Gasteiger partial charge in [-0.3, -0.25) is 4.90 Å². The lowest BCUT2D eigenvalue weighted by Crippen LogP contribution is -2.41. The zero-order valence-electron chi connectivity index (χ0n) is 11.7. The Bertz CT molecular complexity index is 384. The van der Waals surface area contributed by atoms with Crippen LogP contribution in [0.15, 0.2) is 24.3 Å². The van der Waals surface area contributed by atoms with Crippen molar-refractivity contribution >= 4 is 0 Å². The molecule has 0 saturated heterocycles. The minimum Gasteiger partial charge on any atom is -0.382 e. The van der Waals surface area contributed by atoms with Crippen LogP contribution in [0.4, 0.5) is 0 Å². The van der Waals surface area contributed by atoms with Gasteiger partial charge >= 0.3 is 0 Å². The number of hydrogen-bond acceptors (Lipinski definition) is 4. The molecular weight excluding hydrogens is 240 g/mol. The fraction of sp³-hybridized carbons (Fsp3) is 0.600. The summed E-state index contributed by atoms with van der Waals surface area (Å²) in [6.07, 6.45) is 1.10. The molecule has 1 aliphatic heterocycles. The fourth-order valence-corrected chi connectivity index (χ4v) is 2.67. The molecule has 1 unspecified atom stereocenters. The first-order valence-corrected chi connectivity index (χ1v) is 6.95. The molecule has 2 rings (SSSR count). The van der Waals surface area contributed by atoms with E-state index in [0.29, 0.717) is 25.8 Å². The Morgan fingerprint density at radius 3 is 2.89 bits per heavy atom. The summed E-state index contributed by atoms with van der Waals surface area (Å²) < 4.78 is 10.5. The Hall–Kier alpha value is -0.940. The molecule has 0 amide bonds. The normalized spacial score (nSPS) is 19.4. The average Bonchev–Trinajstić information content (AvgIpc) is 2.46. The molecule has 2 N–H and O–H groups in total. The Morgan fingerprint density at radius 2 is 2.11 bits per heavy atom. The highest BCUT2D eigenvalue weighted by molar-refractivity contribution is 5.32. The maximum Gasteiger partial charge on any atom is 0.0700 e. The minimum atomic E-state index is 0.330. The van der Waals surface area contributed by atoms with Gasteiger partial charge in [-0.25, -0.2) is 0 Å². The highest BCUT2D eigenvalue weighted by Gasteiger charge is 2.25. The van der Waals surface area contributed by atoms with E-state index in [4.69, 9.17) is 15.2 Å². The number of ether oxygens (including phenoxy) is 2. The molecule has 0 bridgehead atoms. The van der Waals surface area contributed by atoms with Crippen LogP contribution in [0, 0.1) is 0 Å². The summed E-state index contributed by atoms with van der Waals surface area (Å²) in [5.74, 6) is 0. The molecule has 1 aliphatic rings. The van der Waals surface area contributed by atoms with Crippen molar-refractivity contribution in [1.82, 2.24) is 4.90 Å². The second-order valence-electron chi connectivity index (χ2n) is 4.84. The van der Waals surface area contributed by atoms with Crippen molar-refractivity contribution in [2.24, 2.45) is 5.73 Å². The molecule has 4 nitrogen and oxygen atoms in total. The smallest absolute Gasteiger partial charge is 0.0700 e. The van der Waals surface area contributed by atoms with Crippen LogP contribution >= 0.6 is 0 Å². The molecule has 0 aliphatic carbocycles. The largest absolute Gasteiger partial charge is 0.382 e. The predicted octanol–water partition coefficient (Wildman–Crippen LogP) is 1.21. The lowest BCUT2D eigenvalue weighted by atomic mass is 9.92. The molecular formula is C15H24N2O2. The molecule has 1 atom stereocenters. The van der Waals surface area contributed by atoms with Gasteiger partial charge < -0.3 is 15.2 Å². The van der Waals surface area contributed by atoms with Gasteiger partial charge in [-0.2, -0.15) is 0 Å². The van der Waals surface area contributed by atoms with Crippen molar-refractivity contribution in [3.05, 3.63) is 35.4 Å². The molecule has 1 heterocycles. The molecule has 1 aromatic rings. The Labute approximate surface area is 115 Å². The Balaban J connectivity index is 1.88. The van der Waals surface area contributed by atoms with Crippen LogP contribution in [0.25, 0.3) is 0 Å². The molecule has 19 heavy (non-hydrogen) atoms. The van der Waals surface area contributed by atoms with Crippen molar-refractivity contribution in [2.75, 3.05) is 46.6 Å². The summed E-state index contributed by atoms with van der Waals surface area (Å²) in [5.41, 5.74) is 8.78. The van der Waals surface area contributed by atoms with E-state index in [1.165, 1.54) is 11.1 Å². The van der Waals surface area contributed by atoms with Crippen LogP contribution in [0.5, 0.6) is 0 Å². The summed E-state index contributed by atoms with van der Waals surface area (Å²) in [5, 5.41) is 0. The van der Waals surface area contributed by atoms with Crippen LogP contribution in [0.1, 0.15) is 17.2 Å². The van der Waals surface area contributed by atoms with Crippen molar-refractivity contribution in [1.29, 1.82) is 0 Å². The first-order valence-electron chi connectivity index (χ1n) is 6.95. The van der Waals surface area contributed by atoms with Gasteiger partial charge in [-0.15, -0.1) is 0 Å². The van der Waals surface area contributed by atoms with E-state index in [2.05, 4.69) is 29.2 Å². The van der Waals surface area contributed by atoms with E-state index < -0.39 is 0 Å². The lowest BCUT2D eigenvalue weighted by molar-refractivity contribution is 0.0483. The molecule has 0 fully saturated rings. The number of nitrogens with zero attached hydrogens (tertiary/aromatic N) is 1. The third-order valence-electron chi connectivity index (χ3n) is 3.70. The molecule has 0 radical (unpaired) electrons. The van der Waals surface area contributed by atoms with E-state index in [9.17, 15) is 0 Å². The molecule has 1 aromatic carbocycles. The molecule has 0 saturated carbocycles. The standard InChI is InChI=1S/C15H24N2O2/c1-18-10-11-19-9-8-17-7-6-13-4-2-3-5-14(13)15(17)12-16/h2-5,15H,6-12,16H2,1H3. The van der Waals surface area contributed by atoms with E-state index >= 15 is 0 Å². The number of nitrogens with two attached hydrogens (primary N) is 1. The summed E-state index contributed by atoms with van der Waals surface area (Å²) in [4.78, 5) is 2.43. The van der Waals surface area contributed by atoms with Crippen LogP contribution in [-0.2, 0) is 15.9 Å². The predicted molar refractivity (Wildman–Crippen MR) is 76.2 cm³/mol. The van der Waals surface area contributed by atoms with Gasteiger partial charge in [0.25, 0.3) is 0 Å². The minimum absolute atomic E-state index is 0.330. The summed E-state index contributed by atoms with van der Waals surface area (Å²) in [6.45, 7) is 4.71. The Morgan fingerprint density at radius 1 is 1.26 bits per heavy atom. The third kappa shape index (κ3) is 3.76. The zero-order chi connectivity index (χ0) is 13.5. The van der Waals surface area contributed by atoms with Crippen molar-refractivity contribution < 1.29 is 9.47 Å². The SMILES string of the molecule is COCCOCCN1CCc2ccccc2C1CN. The van der Waals surface area contributed by atoms with E-state index in [1.807, 2.05) is 0 Å². The van der Waals surface area contributed by atoms with E-state index in [0.717, 1.165) is 26.1 Å². The first kappa shape index (κ1) is 14.5. The molecule has 0 spiro atoms. The second-order valence-corrected chi connectivity index (χ2v) is 4.84. The van der Waals surface area contributed by atoms with Crippen LogP contribution in [0.2, 0.25) is 0 Å². The highest BCUT2D eigenvalue weighted by Crippen LogP contribution is 2.28. The van der Waals surface area contributed by atoms with E-state index in [1.54, 1.807) is 7.11 Å². The quantitative estimate of drug-likeness (QED) is 0.752. The number of fused-ring (bicyclic) bond motifs is 1. The Kier molecular flexibility index (Phi) is 5.79. The summed E-state index contributed by atoms with van der Waals surface area (Å²) in [6, 6.07) is 8.95. The van der Waals surface area contributed by atoms with Crippen LogP contribution < -0.4 is 5.73 Å². The van der Waals surface area contributed by atoms with Gasteiger partial charge in [0.2, 0.25) is 0 Å². The van der Waals surface area contributed by atoms with Gasteiger partial charge in [0.15, 0.2) is 0 Å².